The maximum atomic E-state index is 12.5. The van der Waals surface area contributed by atoms with Crippen LogP contribution in [0.1, 0.15) is 25.8 Å². The van der Waals surface area contributed by atoms with E-state index in [-0.39, 0.29) is 11.9 Å². The molecule has 0 radical (unpaired) electrons. The van der Waals surface area contributed by atoms with E-state index in [0.717, 1.165) is 36.5 Å². The van der Waals surface area contributed by atoms with Gasteiger partial charge in [0.05, 0.1) is 6.04 Å². The lowest BCUT2D eigenvalue weighted by Gasteiger charge is -2.35. The van der Waals surface area contributed by atoms with E-state index in [1.54, 1.807) is 0 Å². The predicted molar refractivity (Wildman–Crippen MR) is 91.8 cm³/mol. The number of amides is 1. The molecular formula is C16H25N3OS. The van der Waals surface area contributed by atoms with Crippen LogP contribution < -0.4 is 11.1 Å². The minimum absolute atomic E-state index is 0.0467. The quantitative estimate of drug-likeness (QED) is 0.840. The maximum absolute atomic E-state index is 12.5. The average molecular weight is 307 g/mol. The van der Waals surface area contributed by atoms with E-state index in [0.29, 0.717) is 10.9 Å². The molecule has 1 aromatic carbocycles. The summed E-state index contributed by atoms with van der Waals surface area (Å²) in [7, 11) is 0. The molecule has 1 heterocycles. The molecule has 21 heavy (non-hydrogen) atoms. The van der Waals surface area contributed by atoms with E-state index >= 15 is 0 Å². The summed E-state index contributed by atoms with van der Waals surface area (Å²) >= 11 is 2.01. The Bertz CT molecular complexity index is 506. The number of aryl methyl sites for hydroxylation is 1. The van der Waals surface area contributed by atoms with Crippen molar-refractivity contribution in [1.82, 2.24) is 4.90 Å². The molecule has 5 heteroatoms. The van der Waals surface area contributed by atoms with Crippen molar-refractivity contribution >= 4 is 29.0 Å². The molecular weight excluding hydrogens is 282 g/mol. The molecule has 1 saturated heterocycles. The second-order valence-electron chi connectivity index (χ2n) is 5.64. The Hall–Kier alpha value is -1.20. The molecule has 4 nitrogen and oxygen atoms in total. The van der Waals surface area contributed by atoms with Gasteiger partial charge in [-0.25, -0.2) is 0 Å². The Morgan fingerprint density at radius 2 is 2.33 bits per heavy atom. The third-order valence-corrected chi connectivity index (χ3v) is 5.44. The Labute approximate surface area is 131 Å². The number of rotatable bonds is 4. The molecule has 0 bridgehead atoms. The summed E-state index contributed by atoms with van der Waals surface area (Å²) in [5, 5.41) is 3.66. The molecule has 2 rings (SSSR count). The first-order valence-electron chi connectivity index (χ1n) is 7.54. The lowest BCUT2D eigenvalue weighted by Crippen LogP contribution is -2.48. The van der Waals surface area contributed by atoms with E-state index in [1.165, 1.54) is 0 Å². The first-order valence-corrected chi connectivity index (χ1v) is 8.58. The topological polar surface area (TPSA) is 58.4 Å². The van der Waals surface area contributed by atoms with Gasteiger partial charge in [0.2, 0.25) is 5.91 Å². The number of nitrogens with one attached hydrogen (secondary N) is 1. The van der Waals surface area contributed by atoms with Gasteiger partial charge in [-0.1, -0.05) is 13.0 Å². The fraction of sp³-hybridized carbons (Fsp3) is 0.562. The fourth-order valence-corrected chi connectivity index (χ4v) is 3.72. The van der Waals surface area contributed by atoms with Gasteiger partial charge < -0.3 is 11.1 Å². The Morgan fingerprint density at radius 3 is 3.05 bits per heavy atom. The molecule has 1 amide bonds. The van der Waals surface area contributed by atoms with Crippen LogP contribution in [0.25, 0.3) is 0 Å². The number of benzene rings is 1. The molecule has 0 saturated carbocycles. The van der Waals surface area contributed by atoms with Gasteiger partial charge in [-0.15, -0.1) is 0 Å². The van der Waals surface area contributed by atoms with Crippen LogP contribution in [-0.4, -0.2) is 40.9 Å². The highest BCUT2D eigenvalue weighted by Crippen LogP contribution is 2.23. The lowest BCUT2D eigenvalue weighted by atomic mass is 10.1. The molecule has 0 aromatic heterocycles. The molecule has 3 N–H and O–H groups in total. The van der Waals surface area contributed by atoms with Gasteiger partial charge >= 0.3 is 0 Å². The van der Waals surface area contributed by atoms with Gasteiger partial charge in [-0.2, -0.15) is 11.8 Å². The molecule has 2 unspecified atom stereocenters. The molecule has 116 valence electrons. The van der Waals surface area contributed by atoms with E-state index in [2.05, 4.69) is 17.1 Å². The number of nitrogens with zero attached hydrogens (tertiary/aromatic N) is 1. The number of carbonyl (C=O) groups is 1. The number of carbonyl (C=O) groups excluding carboxylic acids is 1. The molecule has 2 atom stereocenters. The summed E-state index contributed by atoms with van der Waals surface area (Å²) in [6, 6.07) is 5.49. The van der Waals surface area contributed by atoms with Crippen LogP contribution in [0.2, 0.25) is 0 Å². The Morgan fingerprint density at radius 1 is 1.57 bits per heavy atom. The van der Waals surface area contributed by atoms with Gasteiger partial charge in [0, 0.05) is 35.5 Å². The summed E-state index contributed by atoms with van der Waals surface area (Å²) in [6.07, 6.45) is 1.16. The van der Waals surface area contributed by atoms with Crippen LogP contribution >= 0.6 is 11.8 Å². The van der Waals surface area contributed by atoms with Crippen molar-refractivity contribution in [2.75, 3.05) is 29.9 Å². The van der Waals surface area contributed by atoms with Crippen molar-refractivity contribution in [2.24, 2.45) is 0 Å². The molecule has 1 aromatic rings. The normalized spacial score (nSPS) is 21.0. The van der Waals surface area contributed by atoms with E-state index in [4.69, 9.17) is 5.73 Å². The summed E-state index contributed by atoms with van der Waals surface area (Å²) in [5.74, 6) is 1.15. The van der Waals surface area contributed by atoms with Crippen LogP contribution in [0.15, 0.2) is 18.2 Å². The highest BCUT2D eigenvalue weighted by Gasteiger charge is 2.27. The minimum atomic E-state index is -0.110. The van der Waals surface area contributed by atoms with Crippen molar-refractivity contribution in [3.63, 3.8) is 0 Å². The summed E-state index contributed by atoms with van der Waals surface area (Å²) in [5.41, 5.74) is 8.31. The smallest absolute Gasteiger partial charge is 0.241 e. The Balaban J connectivity index is 2.00. The van der Waals surface area contributed by atoms with Crippen LogP contribution in [0, 0.1) is 6.92 Å². The van der Waals surface area contributed by atoms with Gasteiger partial charge in [-0.05, 0) is 38.0 Å². The van der Waals surface area contributed by atoms with Crippen LogP contribution in [-0.2, 0) is 4.79 Å². The second kappa shape index (κ2) is 7.18. The maximum Gasteiger partial charge on any atom is 0.241 e. The van der Waals surface area contributed by atoms with E-state index in [1.807, 2.05) is 43.8 Å². The lowest BCUT2D eigenvalue weighted by molar-refractivity contribution is -0.120. The molecule has 0 aliphatic carbocycles. The number of nitrogens with two attached hydrogens (primary N) is 1. The SMILES string of the molecule is CCC1CN(C(C)C(=O)Nc2cc(N)ccc2C)CCS1. The van der Waals surface area contributed by atoms with Crippen molar-refractivity contribution in [3.05, 3.63) is 23.8 Å². The monoisotopic (exact) mass is 307 g/mol. The van der Waals surface area contributed by atoms with Crippen LogP contribution in [0.3, 0.4) is 0 Å². The zero-order chi connectivity index (χ0) is 15.4. The van der Waals surface area contributed by atoms with Crippen LogP contribution in [0.4, 0.5) is 11.4 Å². The van der Waals surface area contributed by atoms with Gasteiger partial charge in [0.25, 0.3) is 0 Å². The molecule has 1 aliphatic heterocycles. The third kappa shape index (κ3) is 4.14. The molecule has 1 fully saturated rings. The fourth-order valence-electron chi connectivity index (χ4n) is 2.52. The highest BCUT2D eigenvalue weighted by molar-refractivity contribution is 8.00. The zero-order valence-electron chi connectivity index (χ0n) is 13.1. The standard InChI is InChI=1S/C16H25N3OS/c1-4-14-10-19(7-8-21-14)12(3)16(20)18-15-9-13(17)6-5-11(15)2/h5-6,9,12,14H,4,7-8,10,17H2,1-3H3,(H,18,20). The minimum Gasteiger partial charge on any atom is -0.399 e. The summed E-state index contributed by atoms with van der Waals surface area (Å²) in [6.45, 7) is 8.14. The number of hydrogen-bond donors (Lipinski definition) is 2. The highest BCUT2D eigenvalue weighted by atomic mass is 32.2. The number of anilines is 2. The zero-order valence-corrected chi connectivity index (χ0v) is 13.9. The van der Waals surface area contributed by atoms with Gasteiger partial charge in [-0.3, -0.25) is 9.69 Å². The van der Waals surface area contributed by atoms with Gasteiger partial charge in [0.1, 0.15) is 0 Å². The number of hydrogen-bond acceptors (Lipinski definition) is 4. The summed E-state index contributed by atoms with van der Waals surface area (Å²) < 4.78 is 0. The van der Waals surface area contributed by atoms with Gasteiger partial charge in [0.15, 0.2) is 0 Å². The van der Waals surface area contributed by atoms with E-state index in [9.17, 15) is 4.79 Å². The van der Waals surface area contributed by atoms with E-state index < -0.39 is 0 Å². The molecule has 1 aliphatic rings. The van der Waals surface area contributed by atoms with Crippen molar-refractivity contribution < 1.29 is 4.79 Å². The van der Waals surface area contributed by atoms with Crippen LogP contribution in [0.5, 0.6) is 0 Å². The number of nitrogen functional groups attached to an aromatic ring is 1. The van der Waals surface area contributed by atoms with Crippen molar-refractivity contribution in [1.29, 1.82) is 0 Å². The third-order valence-electron chi connectivity index (χ3n) is 4.07. The molecule has 0 spiro atoms. The Kier molecular flexibility index (Phi) is 5.53. The predicted octanol–water partition coefficient (Wildman–Crippen LogP) is 2.73. The first-order chi connectivity index (χ1) is 10.0. The van der Waals surface area contributed by atoms with Crippen molar-refractivity contribution in [2.45, 2.75) is 38.5 Å². The van der Waals surface area contributed by atoms with Crippen molar-refractivity contribution in [3.8, 4) is 0 Å². The number of thioether (sulfide) groups is 1. The average Bonchev–Trinajstić information content (AvgIpc) is 2.50. The summed E-state index contributed by atoms with van der Waals surface area (Å²) in [4.78, 5) is 14.7. The largest absolute Gasteiger partial charge is 0.399 e. The first kappa shape index (κ1) is 16.2. The second-order valence-corrected chi connectivity index (χ2v) is 7.04.